The molecule has 21 heavy (non-hydrogen) atoms. The average Bonchev–Trinajstić information content (AvgIpc) is 3.04. The van der Waals surface area contributed by atoms with Crippen LogP contribution in [-0.4, -0.2) is 22.7 Å². The molecular formula is C14H13N3O3S. The number of para-hydroxylation sites is 1. The first-order chi connectivity index (χ1) is 10.1. The molecule has 0 N–H and O–H groups in total. The number of aryl methyl sites for hydroxylation is 2. The zero-order valence-electron chi connectivity index (χ0n) is 11.8. The van der Waals surface area contributed by atoms with Gasteiger partial charge in [-0.15, -0.1) is 0 Å². The minimum atomic E-state index is -0.423. The van der Waals surface area contributed by atoms with E-state index in [1.807, 2.05) is 29.8 Å². The van der Waals surface area contributed by atoms with Gasteiger partial charge in [-0.3, -0.25) is 4.79 Å². The Morgan fingerprint density at radius 3 is 2.95 bits per heavy atom. The SMILES string of the molecule is COc1cccc2sc(=NC(=O)c3cc(C)on3)n(C)c12. The molecule has 0 atom stereocenters. The molecule has 0 radical (unpaired) electrons. The number of aromatic nitrogens is 2. The fourth-order valence-corrected chi connectivity index (χ4v) is 3.09. The normalized spacial score (nSPS) is 12.0. The van der Waals surface area contributed by atoms with Gasteiger partial charge >= 0.3 is 5.91 Å². The quantitative estimate of drug-likeness (QED) is 0.728. The van der Waals surface area contributed by atoms with E-state index >= 15 is 0 Å². The molecule has 0 unspecified atom stereocenters. The highest BCUT2D eigenvalue weighted by Gasteiger charge is 2.12. The lowest BCUT2D eigenvalue weighted by atomic mass is 10.3. The van der Waals surface area contributed by atoms with Crippen LogP contribution in [0.4, 0.5) is 0 Å². The Morgan fingerprint density at radius 2 is 2.29 bits per heavy atom. The Balaban J connectivity index is 2.14. The minimum absolute atomic E-state index is 0.205. The van der Waals surface area contributed by atoms with Crippen LogP contribution in [0, 0.1) is 6.92 Å². The monoisotopic (exact) mass is 303 g/mol. The van der Waals surface area contributed by atoms with Crippen molar-refractivity contribution in [1.82, 2.24) is 9.72 Å². The van der Waals surface area contributed by atoms with Crippen molar-refractivity contribution in [1.29, 1.82) is 0 Å². The Hall–Kier alpha value is -2.41. The molecule has 7 heteroatoms. The van der Waals surface area contributed by atoms with Gasteiger partial charge in [0.05, 0.1) is 11.8 Å². The standard InChI is InChI=1S/C14H13N3O3S/c1-8-7-9(16-20-8)13(18)15-14-17(2)12-10(19-3)5-4-6-11(12)21-14/h4-7H,1-3H3. The molecule has 2 heterocycles. The zero-order chi connectivity index (χ0) is 15.0. The maximum absolute atomic E-state index is 12.1. The van der Waals surface area contributed by atoms with Gasteiger partial charge in [0.25, 0.3) is 0 Å². The van der Waals surface area contributed by atoms with Gasteiger partial charge in [0.15, 0.2) is 10.5 Å². The smallest absolute Gasteiger partial charge is 0.301 e. The second-order valence-corrected chi connectivity index (χ2v) is 5.50. The molecule has 0 aliphatic carbocycles. The molecule has 0 fully saturated rings. The van der Waals surface area contributed by atoms with Crippen molar-refractivity contribution >= 4 is 27.5 Å². The lowest BCUT2D eigenvalue weighted by Crippen LogP contribution is -2.13. The summed E-state index contributed by atoms with van der Waals surface area (Å²) in [5, 5.41) is 3.68. The minimum Gasteiger partial charge on any atom is -0.495 e. The van der Waals surface area contributed by atoms with E-state index in [0.29, 0.717) is 10.6 Å². The Kier molecular flexibility index (Phi) is 3.34. The molecule has 3 rings (SSSR count). The van der Waals surface area contributed by atoms with E-state index in [4.69, 9.17) is 9.26 Å². The molecule has 108 valence electrons. The number of hydrogen-bond donors (Lipinski definition) is 0. The summed E-state index contributed by atoms with van der Waals surface area (Å²) in [7, 11) is 3.47. The van der Waals surface area contributed by atoms with Crippen LogP contribution in [0.15, 0.2) is 33.8 Å². The number of thiazole rings is 1. The molecule has 6 nitrogen and oxygen atoms in total. The van der Waals surface area contributed by atoms with Crippen molar-refractivity contribution in [2.24, 2.45) is 12.0 Å². The van der Waals surface area contributed by atoms with Gasteiger partial charge < -0.3 is 13.8 Å². The average molecular weight is 303 g/mol. The van der Waals surface area contributed by atoms with E-state index in [1.54, 1.807) is 20.1 Å². The lowest BCUT2D eigenvalue weighted by Gasteiger charge is -2.02. The van der Waals surface area contributed by atoms with Crippen molar-refractivity contribution in [3.63, 3.8) is 0 Å². The first-order valence-corrected chi connectivity index (χ1v) is 7.06. The van der Waals surface area contributed by atoms with Crippen LogP contribution in [0.3, 0.4) is 0 Å². The maximum Gasteiger partial charge on any atom is 0.301 e. The van der Waals surface area contributed by atoms with Crippen LogP contribution >= 0.6 is 11.3 Å². The topological polar surface area (TPSA) is 69.6 Å². The molecule has 0 saturated carbocycles. The second kappa shape index (κ2) is 5.17. The zero-order valence-corrected chi connectivity index (χ0v) is 12.6. The number of amides is 1. The van der Waals surface area contributed by atoms with Crippen molar-refractivity contribution in [2.45, 2.75) is 6.92 Å². The summed E-state index contributed by atoms with van der Waals surface area (Å²) >= 11 is 1.42. The summed E-state index contributed by atoms with van der Waals surface area (Å²) in [4.78, 5) is 16.8. The van der Waals surface area contributed by atoms with E-state index in [0.717, 1.165) is 16.0 Å². The number of carbonyl (C=O) groups is 1. The van der Waals surface area contributed by atoms with Crippen LogP contribution < -0.4 is 9.54 Å². The van der Waals surface area contributed by atoms with E-state index in [-0.39, 0.29) is 5.69 Å². The van der Waals surface area contributed by atoms with Gasteiger partial charge in [-0.1, -0.05) is 22.6 Å². The molecule has 1 amide bonds. The molecule has 0 bridgehead atoms. The van der Waals surface area contributed by atoms with Gasteiger partial charge in [-0.05, 0) is 19.1 Å². The summed E-state index contributed by atoms with van der Waals surface area (Å²) in [6.07, 6.45) is 0. The van der Waals surface area contributed by atoms with E-state index in [2.05, 4.69) is 10.1 Å². The van der Waals surface area contributed by atoms with Crippen molar-refractivity contribution in [3.05, 3.63) is 40.5 Å². The molecular weight excluding hydrogens is 290 g/mol. The van der Waals surface area contributed by atoms with Gasteiger partial charge in [-0.2, -0.15) is 4.99 Å². The van der Waals surface area contributed by atoms with Crippen molar-refractivity contribution in [3.8, 4) is 5.75 Å². The van der Waals surface area contributed by atoms with E-state index < -0.39 is 5.91 Å². The van der Waals surface area contributed by atoms with E-state index in [9.17, 15) is 4.79 Å². The highest BCUT2D eigenvalue weighted by molar-refractivity contribution is 7.16. The van der Waals surface area contributed by atoms with Crippen LogP contribution in [0.5, 0.6) is 5.75 Å². The summed E-state index contributed by atoms with van der Waals surface area (Å²) in [5.41, 5.74) is 1.12. The van der Waals surface area contributed by atoms with Gasteiger partial charge in [0, 0.05) is 13.1 Å². The summed E-state index contributed by atoms with van der Waals surface area (Å²) in [6.45, 7) is 1.73. The predicted octanol–water partition coefficient (Wildman–Crippen LogP) is 2.29. The number of rotatable bonds is 2. The third kappa shape index (κ3) is 2.36. The summed E-state index contributed by atoms with van der Waals surface area (Å²) in [6, 6.07) is 7.32. The molecule has 1 aromatic carbocycles. The third-order valence-corrected chi connectivity index (χ3v) is 4.15. The third-order valence-electron chi connectivity index (χ3n) is 3.05. The van der Waals surface area contributed by atoms with Gasteiger partial charge in [-0.25, -0.2) is 0 Å². The molecule has 2 aromatic heterocycles. The molecule has 0 aliphatic heterocycles. The van der Waals surface area contributed by atoms with Crippen LogP contribution in [0.25, 0.3) is 10.2 Å². The van der Waals surface area contributed by atoms with Gasteiger partial charge in [0.2, 0.25) is 0 Å². The molecule has 3 aromatic rings. The van der Waals surface area contributed by atoms with Gasteiger partial charge in [0.1, 0.15) is 17.0 Å². The largest absolute Gasteiger partial charge is 0.495 e. The Bertz CT molecular complexity index is 888. The number of methoxy groups -OCH3 is 1. The van der Waals surface area contributed by atoms with Crippen molar-refractivity contribution < 1.29 is 14.1 Å². The van der Waals surface area contributed by atoms with Crippen LogP contribution in [0.2, 0.25) is 0 Å². The number of carbonyl (C=O) groups excluding carboxylic acids is 1. The number of benzene rings is 1. The van der Waals surface area contributed by atoms with Crippen LogP contribution in [-0.2, 0) is 7.05 Å². The predicted molar refractivity (Wildman–Crippen MR) is 78.5 cm³/mol. The highest BCUT2D eigenvalue weighted by Crippen LogP contribution is 2.26. The Morgan fingerprint density at radius 1 is 1.48 bits per heavy atom. The second-order valence-electron chi connectivity index (χ2n) is 4.49. The number of hydrogen-bond acceptors (Lipinski definition) is 5. The number of nitrogens with zero attached hydrogens (tertiary/aromatic N) is 3. The first-order valence-electron chi connectivity index (χ1n) is 6.25. The summed E-state index contributed by atoms with van der Waals surface area (Å²) in [5.74, 6) is 0.904. The molecule has 0 saturated heterocycles. The lowest BCUT2D eigenvalue weighted by molar-refractivity contribution is 0.0989. The van der Waals surface area contributed by atoms with E-state index in [1.165, 1.54) is 11.3 Å². The highest BCUT2D eigenvalue weighted by atomic mass is 32.1. The number of fused-ring (bicyclic) bond motifs is 1. The van der Waals surface area contributed by atoms with Crippen molar-refractivity contribution in [2.75, 3.05) is 7.11 Å². The summed E-state index contributed by atoms with van der Waals surface area (Å²) < 4.78 is 13.1. The first kappa shape index (κ1) is 13.6. The maximum atomic E-state index is 12.1. The van der Waals surface area contributed by atoms with Crippen LogP contribution in [0.1, 0.15) is 16.2 Å². The fraction of sp³-hybridized carbons (Fsp3) is 0.214. The molecule has 0 spiro atoms. The number of ether oxygens (including phenoxy) is 1. The fourth-order valence-electron chi connectivity index (χ4n) is 2.05. The molecule has 0 aliphatic rings. The Labute approximate surface area is 124 Å².